The van der Waals surface area contributed by atoms with Crippen LogP contribution in [0.4, 0.5) is 13.2 Å². The number of esters is 1. The summed E-state index contributed by atoms with van der Waals surface area (Å²) in [4.78, 5) is 15.0. The van der Waals surface area contributed by atoms with Gasteiger partial charge in [-0.2, -0.15) is 13.2 Å². The Balaban J connectivity index is 2.24. The second kappa shape index (κ2) is 5.91. The molecule has 8 heteroatoms. The van der Waals surface area contributed by atoms with Gasteiger partial charge in [0.1, 0.15) is 17.1 Å². The van der Waals surface area contributed by atoms with Crippen molar-refractivity contribution in [1.29, 1.82) is 0 Å². The molecule has 0 amide bonds. The van der Waals surface area contributed by atoms with E-state index in [4.69, 9.17) is 27.9 Å². The van der Waals surface area contributed by atoms with Gasteiger partial charge in [0.2, 0.25) is 0 Å². The Morgan fingerprint density at radius 3 is 2.29 bits per heavy atom. The van der Waals surface area contributed by atoms with Gasteiger partial charge in [0.15, 0.2) is 0 Å². The molecule has 0 unspecified atom stereocenters. The van der Waals surface area contributed by atoms with Crippen LogP contribution in [-0.4, -0.2) is 11.0 Å². The van der Waals surface area contributed by atoms with Gasteiger partial charge in [0.05, 0.1) is 0 Å². The van der Waals surface area contributed by atoms with Crippen molar-refractivity contribution in [2.24, 2.45) is 0 Å². The number of ether oxygens (including phenoxy) is 1. The lowest BCUT2D eigenvalue weighted by Gasteiger charge is -2.08. The molecule has 3 nitrogen and oxygen atoms in total. The molecule has 0 saturated heterocycles. The molecule has 21 heavy (non-hydrogen) atoms. The first kappa shape index (κ1) is 15.6. The lowest BCUT2D eigenvalue weighted by molar-refractivity contribution is -0.141. The molecular weight excluding hydrogens is 330 g/mol. The van der Waals surface area contributed by atoms with Gasteiger partial charge >= 0.3 is 12.1 Å². The molecule has 2 aromatic rings. The maximum atomic E-state index is 12.5. The summed E-state index contributed by atoms with van der Waals surface area (Å²) in [6.45, 7) is 0. The van der Waals surface area contributed by atoms with Crippen molar-refractivity contribution in [3.05, 3.63) is 57.8 Å². The smallest absolute Gasteiger partial charge is 0.422 e. The van der Waals surface area contributed by atoms with Gasteiger partial charge in [0.25, 0.3) is 0 Å². The third-order valence-electron chi connectivity index (χ3n) is 2.30. The zero-order valence-electron chi connectivity index (χ0n) is 10.1. The summed E-state index contributed by atoms with van der Waals surface area (Å²) in [5, 5.41) is 0.449. The van der Waals surface area contributed by atoms with Gasteiger partial charge in [-0.25, -0.2) is 9.78 Å². The highest BCUT2D eigenvalue weighted by molar-refractivity contribution is 6.34. The van der Waals surface area contributed by atoms with E-state index in [0.717, 1.165) is 18.2 Å². The molecule has 1 aromatic heterocycles. The minimum absolute atomic E-state index is 0.0108. The summed E-state index contributed by atoms with van der Waals surface area (Å²) >= 11 is 11.4. The van der Waals surface area contributed by atoms with Gasteiger partial charge in [0, 0.05) is 10.0 Å². The van der Waals surface area contributed by atoms with E-state index in [1.807, 2.05) is 0 Å². The van der Waals surface area contributed by atoms with Crippen LogP contribution in [0.25, 0.3) is 0 Å². The van der Waals surface area contributed by atoms with Crippen LogP contribution in [0.3, 0.4) is 0 Å². The van der Waals surface area contributed by atoms with Crippen LogP contribution >= 0.6 is 23.2 Å². The molecule has 0 saturated carbocycles. The predicted octanol–water partition coefficient (Wildman–Crippen LogP) is 4.63. The summed E-state index contributed by atoms with van der Waals surface area (Å²) in [6.07, 6.45) is -4.64. The quantitative estimate of drug-likeness (QED) is 0.593. The predicted molar refractivity (Wildman–Crippen MR) is 70.7 cm³/mol. The van der Waals surface area contributed by atoms with E-state index in [9.17, 15) is 18.0 Å². The van der Waals surface area contributed by atoms with Crippen LogP contribution in [0, 0.1) is 0 Å². The molecule has 0 fully saturated rings. The molecule has 0 aliphatic carbocycles. The van der Waals surface area contributed by atoms with Crippen molar-refractivity contribution in [2.45, 2.75) is 6.18 Å². The van der Waals surface area contributed by atoms with Gasteiger partial charge in [-0.3, -0.25) is 0 Å². The first-order chi connectivity index (χ1) is 9.75. The van der Waals surface area contributed by atoms with Crippen molar-refractivity contribution in [1.82, 2.24) is 4.98 Å². The van der Waals surface area contributed by atoms with Crippen molar-refractivity contribution in [2.75, 3.05) is 0 Å². The SMILES string of the molecule is O=C(Oc1cc(Cl)cc(Cl)c1)c1cccc(C(F)(F)F)n1. The fourth-order valence-electron chi connectivity index (χ4n) is 1.45. The van der Waals surface area contributed by atoms with Crippen LogP contribution in [0.1, 0.15) is 16.2 Å². The Bertz CT molecular complexity index is 669. The van der Waals surface area contributed by atoms with Gasteiger partial charge in [-0.05, 0) is 30.3 Å². The molecule has 0 radical (unpaired) electrons. The highest BCUT2D eigenvalue weighted by atomic mass is 35.5. The highest BCUT2D eigenvalue weighted by Gasteiger charge is 2.33. The molecule has 110 valence electrons. The van der Waals surface area contributed by atoms with Crippen LogP contribution in [0.15, 0.2) is 36.4 Å². The van der Waals surface area contributed by atoms with E-state index in [2.05, 4.69) is 4.98 Å². The molecule has 0 aliphatic heterocycles. The van der Waals surface area contributed by atoms with E-state index < -0.39 is 23.5 Å². The average molecular weight is 336 g/mol. The van der Waals surface area contributed by atoms with Crippen molar-refractivity contribution >= 4 is 29.2 Å². The number of hydrogen-bond acceptors (Lipinski definition) is 3. The second-order valence-electron chi connectivity index (χ2n) is 3.90. The number of alkyl halides is 3. The number of benzene rings is 1. The maximum absolute atomic E-state index is 12.5. The third kappa shape index (κ3) is 4.09. The van der Waals surface area contributed by atoms with Crippen LogP contribution in [-0.2, 0) is 6.18 Å². The topological polar surface area (TPSA) is 39.2 Å². The lowest BCUT2D eigenvalue weighted by atomic mass is 10.3. The zero-order chi connectivity index (χ0) is 15.6. The molecule has 0 N–H and O–H groups in total. The average Bonchev–Trinajstić information content (AvgIpc) is 2.36. The molecule has 0 aliphatic rings. The van der Waals surface area contributed by atoms with Crippen LogP contribution in [0.2, 0.25) is 10.0 Å². The van der Waals surface area contributed by atoms with Gasteiger partial charge in [-0.1, -0.05) is 29.3 Å². The van der Waals surface area contributed by atoms with Crippen molar-refractivity contribution in [3.8, 4) is 5.75 Å². The molecular formula is C13H6Cl2F3NO2. The lowest BCUT2D eigenvalue weighted by Crippen LogP contribution is -2.15. The van der Waals surface area contributed by atoms with E-state index in [1.54, 1.807) is 0 Å². The Morgan fingerprint density at radius 1 is 1.10 bits per heavy atom. The summed E-state index contributed by atoms with van der Waals surface area (Å²) in [5.41, 5.74) is -1.65. The van der Waals surface area contributed by atoms with E-state index in [-0.39, 0.29) is 15.8 Å². The number of pyridine rings is 1. The summed E-state index contributed by atoms with van der Waals surface area (Å²) in [6, 6.07) is 6.97. The molecule has 0 atom stereocenters. The number of rotatable bonds is 2. The van der Waals surface area contributed by atoms with Gasteiger partial charge in [-0.15, -0.1) is 0 Å². The van der Waals surface area contributed by atoms with Crippen molar-refractivity contribution in [3.63, 3.8) is 0 Å². The first-order valence-corrected chi connectivity index (χ1v) is 6.24. The van der Waals surface area contributed by atoms with E-state index in [1.165, 1.54) is 18.2 Å². The standard InChI is InChI=1S/C13H6Cl2F3NO2/c14-7-4-8(15)6-9(5-7)21-12(20)10-2-1-3-11(19-10)13(16,17)18/h1-6H. The fourth-order valence-corrected chi connectivity index (χ4v) is 1.96. The summed E-state index contributed by atoms with van der Waals surface area (Å²) in [5.74, 6) is -1.03. The minimum atomic E-state index is -4.64. The maximum Gasteiger partial charge on any atom is 0.433 e. The number of hydrogen-bond donors (Lipinski definition) is 0. The monoisotopic (exact) mass is 335 g/mol. The van der Waals surface area contributed by atoms with E-state index >= 15 is 0 Å². The fraction of sp³-hybridized carbons (Fsp3) is 0.0769. The number of carbonyl (C=O) groups is 1. The number of halogens is 5. The molecule has 2 rings (SSSR count). The number of carbonyl (C=O) groups excluding carboxylic acids is 1. The zero-order valence-corrected chi connectivity index (χ0v) is 11.6. The molecule has 0 bridgehead atoms. The Hall–Kier alpha value is -1.79. The molecule has 1 heterocycles. The Labute approximate surface area is 127 Å². The largest absolute Gasteiger partial charge is 0.433 e. The van der Waals surface area contributed by atoms with Crippen LogP contribution < -0.4 is 4.74 Å². The second-order valence-corrected chi connectivity index (χ2v) is 4.77. The number of aromatic nitrogens is 1. The first-order valence-electron chi connectivity index (χ1n) is 5.48. The summed E-state index contributed by atoms with van der Waals surface area (Å²) < 4.78 is 42.4. The Morgan fingerprint density at radius 2 is 1.71 bits per heavy atom. The Kier molecular flexibility index (Phi) is 4.39. The summed E-state index contributed by atoms with van der Waals surface area (Å²) in [7, 11) is 0. The number of nitrogens with zero attached hydrogens (tertiary/aromatic N) is 1. The third-order valence-corrected chi connectivity index (χ3v) is 2.73. The van der Waals surface area contributed by atoms with Crippen molar-refractivity contribution < 1.29 is 22.7 Å². The minimum Gasteiger partial charge on any atom is -0.422 e. The van der Waals surface area contributed by atoms with E-state index in [0.29, 0.717) is 0 Å². The van der Waals surface area contributed by atoms with Gasteiger partial charge < -0.3 is 4.74 Å². The highest BCUT2D eigenvalue weighted by Crippen LogP contribution is 2.28. The van der Waals surface area contributed by atoms with Crippen LogP contribution in [0.5, 0.6) is 5.75 Å². The normalized spacial score (nSPS) is 11.3. The molecule has 1 aromatic carbocycles. The molecule has 0 spiro atoms.